The van der Waals surface area contributed by atoms with Gasteiger partial charge < -0.3 is 5.32 Å². The minimum Gasteiger partial charge on any atom is -0.374 e. The molecule has 0 aliphatic rings. The van der Waals surface area contributed by atoms with Crippen LogP contribution in [0.4, 0.5) is 5.69 Å². The van der Waals surface area contributed by atoms with E-state index in [1.165, 1.54) is 14.7 Å². The number of benzene rings is 2. The van der Waals surface area contributed by atoms with E-state index in [0.717, 1.165) is 17.0 Å². The molecule has 24 heavy (non-hydrogen) atoms. The van der Waals surface area contributed by atoms with E-state index in [-0.39, 0.29) is 11.9 Å². The highest BCUT2D eigenvalue weighted by Crippen LogP contribution is 2.17. The standard InChI is InChI=1S/C19H22IN3O/c1-12-5-7-16(8-6-12)14(3)22-23-19(24)15(4)21-17-9-10-18(20)13(2)11-17/h5-11,15,21H,1-4H3,(H,23,24)/b22-14-. The summed E-state index contributed by atoms with van der Waals surface area (Å²) in [6.07, 6.45) is 0. The number of rotatable bonds is 5. The van der Waals surface area contributed by atoms with Crippen molar-refractivity contribution in [3.8, 4) is 0 Å². The Hall–Kier alpha value is -1.89. The molecule has 0 saturated heterocycles. The van der Waals surface area contributed by atoms with Gasteiger partial charge in [-0.1, -0.05) is 29.8 Å². The summed E-state index contributed by atoms with van der Waals surface area (Å²) in [5.74, 6) is -0.169. The number of amides is 1. The predicted octanol–water partition coefficient (Wildman–Crippen LogP) is 4.25. The van der Waals surface area contributed by atoms with E-state index in [1.807, 2.05) is 70.2 Å². The molecule has 2 aromatic rings. The normalized spacial score (nSPS) is 12.6. The Kier molecular flexibility index (Phi) is 6.36. The number of hydrogen-bond donors (Lipinski definition) is 2. The van der Waals surface area contributed by atoms with Crippen LogP contribution in [0.15, 0.2) is 47.6 Å². The van der Waals surface area contributed by atoms with Crippen molar-refractivity contribution in [1.29, 1.82) is 0 Å². The van der Waals surface area contributed by atoms with E-state index in [4.69, 9.17) is 0 Å². The van der Waals surface area contributed by atoms with Gasteiger partial charge in [0, 0.05) is 9.26 Å². The van der Waals surface area contributed by atoms with Crippen LogP contribution in [0.2, 0.25) is 0 Å². The largest absolute Gasteiger partial charge is 0.374 e. The number of halogens is 1. The highest BCUT2D eigenvalue weighted by atomic mass is 127. The summed E-state index contributed by atoms with van der Waals surface area (Å²) in [4.78, 5) is 12.2. The van der Waals surface area contributed by atoms with Gasteiger partial charge in [0.15, 0.2) is 0 Å². The van der Waals surface area contributed by atoms with Gasteiger partial charge in [-0.15, -0.1) is 0 Å². The van der Waals surface area contributed by atoms with Crippen LogP contribution in [0, 0.1) is 17.4 Å². The molecule has 0 bridgehead atoms. The summed E-state index contributed by atoms with van der Waals surface area (Å²) in [5.41, 5.74) is 7.70. The van der Waals surface area contributed by atoms with Gasteiger partial charge in [-0.3, -0.25) is 4.79 Å². The number of carbonyl (C=O) groups is 1. The first-order valence-electron chi connectivity index (χ1n) is 7.80. The smallest absolute Gasteiger partial charge is 0.262 e. The van der Waals surface area contributed by atoms with Gasteiger partial charge in [0.05, 0.1) is 5.71 Å². The predicted molar refractivity (Wildman–Crippen MR) is 109 cm³/mol. The Balaban J connectivity index is 1.96. The molecule has 2 rings (SSSR count). The zero-order valence-electron chi connectivity index (χ0n) is 14.4. The van der Waals surface area contributed by atoms with Crippen LogP contribution < -0.4 is 10.7 Å². The molecule has 1 unspecified atom stereocenters. The number of nitrogens with zero attached hydrogens (tertiary/aromatic N) is 1. The number of hydrazone groups is 1. The van der Waals surface area contributed by atoms with Crippen LogP contribution in [0.1, 0.15) is 30.5 Å². The molecule has 0 aliphatic heterocycles. The third-order valence-corrected chi connectivity index (χ3v) is 4.95. The van der Waals surface area contributed by atoms with Gasteiger partial charge in [-0.05, 0) is 79.6 Å². The average Bonchev–Trinajstić information content (AvgIpc) is 2.56. The number of anilines is 1. The molecule has 0 aromatic heterocycles. The molecule has 126 valence electrons. The Bertz CT molecular complexity index is 754. The number of nitrogens with one attached hydrogen (secondary N) is 2. The number of aryl methyl sites for hydroxylation is 2. The summed E-state index contributed by atoms with van der Waals surface area (Å²) in [5, 5.41) is 7.39. The molecule has 0 aliphatic carbocycles. The van der Waals surface area contributed by atoms with Gasteiger partial charge in [0.2, 0.25) is 0 Å². The molecular weight excluding hydrogens is 413 g/mol. The van der Waals surface area contributed by atoms with Gasteiger partial charge in [-0.2, -0.15) is 5.10 Å². The molecule has 1 atom stereocenters. The maximum absolute atomic E-state index is 12.2. The second-order valence-corrected chi connectivity index (χ2v) is 7.03. The maximum atomic E-state index is 12.2. The van der Waals surface area contributed by atoms with Crippen molar-refractivity contribution in [2.75, 3.05) is 5.32 Å². The molecule has 4 nitrogen and oxygen atoms in total. The average molecular weight is 435 g/mol. The zero-order chi connectivity index (χ0) is 17.7. The van der Waals surface area contributed by atoms with Crippen molar-refractivity contribution in [1.82, 2.24) is 5.43 Å². The summed E-state index contributed by atoms with van der Waals surface area (Å²) in [6, 6.07) is 13.7. The molecule has 0 saturated carbocycles. The van der Waals surface area contributed by atoms with E-state index >= 15 is 0 Å². The Labute approximate surface area is 156 Å². The molecule has 0 spiro atoms. The lowest BCUT2D eigenvalue weighted by molar-refractivity contribution is -0.121. The van der Waals surface area contributed by atoms with Crippen molar-refractivity contribution < 1.29 is 4.79 Å². The first kappa shape index (κ1) is 18.4. The first-order chi connectivity index (χ1) is 11.4. The summed E-state index contributed by atoms with van der Waals surface area (Å²) < 4.78 is 1.20. The van der Waals surface area contributed by atoms with Crippen molar-refractivity contribution in [2.45, 2.75) is 33.7 Å². The van der Waals surface area contributed by atoms with Crippen molar-refractivity contribution in [3.05, 3.63) is 62.7 Å². The molecule has 2 N–H and O–H groups in total. The van der Waals surface area contributed by atoms with Gasteiger partial charge in [0.1, 0.15) is 6.04 Å². The second kappa shape index (κ2) is 8.28. The Morgan fingerprint density at radius 2 is 1.79 bits per heavy atom. The van der Waals surface area contributed by atoms with Crippen LogP contribution in [0.25, 0.3) is 0 Å². The lowest BCUT2D eigenvalue weighted by Gasteiger charge is -2.14. The van der Waals surface area contributed by atoms with E-state index in [2.05, 4.69) is 38.4 Å². The fourth-order valence-electron chi connectivity index (χ4n) is 2.15. The topological polar surface area (TPSA) is 53.5 Å². The van der Waals surface area contributed by atoms with Crippen LogP contribution >= 0.6 is 22.6 Å². The Morgan fingerprint density at radius 3 is 2.42 bits per heavy atom. The van der Waals surface area contributed by atoms with Gasteiger partial charge in [-0.25, -0.2) is 5.43 Å². The number of hydrogen-bond acceptors (Lipinski definition) is 3. The highest BCUT2D eigenvalue weighted by Gasteiger charge is 2.12. The maximum Gasteiger partial charge on any atom is 0.262 e. The van der Waals surface area contributed by atoms with Crippen molar-refractivity contribution >= 4 is 39.9 Å². The third kappa shape index (κ3) is 5.06. The summed E-state index contributed by atoms with van der Waals surface area (Å²) in [7, 11) is 0. The van der Waals surface area contributed by atoms with Gasteiger partial charge in [0.25, 0.3) is 5.91 Å². The van der Waals surface area contributed by atoms with Crippen LogP contribution in [0.5, 0.6) is 0 Å². The minimum absolute atomic E-state index is 0.169. The Morgan fingerprint density at radius 1 is 1.12 bits per heavy atom. The van der Waals surface area contributed by atoms with E-state index in [0.29, 0.717) is 0 Å². The fourth-order valence-corrected chi connectivity index (χ4v) is 2.48. The molecule has 0 fully saturated rings. The van der Waals surface area contributed by atoms with Gasteiger partial charge >= 0.3 is 0 Å². The lowest BCUT2D eigenvalue weighted by Crippen LogP contribution is -2.35. The minimum atomic E-state index is -0.376. The van der Waals surface area contributed by atoms with Crippen molar-refractivity contribution in [2.24, 2.45) is 5.10 Å². The van der Waals surface area contributed by atoms with Crippen LogP contribution in [-0.2, 0) is 4.79 Å². The summed E-state index contributed by atoms with van der Waals surface area (Å²) in [6.45, 7) is 7.79. The SMILES string of the molecule is C/C(=N/NC(=O)C(C)Nc1ccc(I)c(C)c1)c1ccc(C)cc1. The molecular formula is C19H22IN3O. The molecule has 0 heterocycles. The molecule has 0 radical (unpaired) electrons. The monoisotopic (exact) mass is 435 g/mol. The summed E-state index contributed by atoms with van der Waals surface area (Å²) >= 11 is 2.29. The van der Waals surface area contributed by atoms with Crippen LogP contribution in [-0.4, -0.2) is 17.7 Å². The van der Waals surface area contributed by atoms with Crippen LogP contribution in [0.3, 0.4) is 0 Å². The van der Waals surface area contributed by atoms with E-state index in [1.54, 1.807) is 0 Å². The quantitative estimate of drug-likeness (QED) is 0.419. The number of carbonyl (C=O) groups excluding carboxylic acids is 1. The first-order valence-corrected chi connectivity index (χ1v) is 8.88. The molecule has 2 aromatic carbocycles. The lowest BCUT2D eigenvalue weighted by atomic mass is 10.1. The van der Waals surface area contributed by atoms with E-state index < -0.39 is 0 Å². The van der Waals surface area contributed by atoms with E-state index in [9.17, 15) is 4.79 Å². The van der Waals surface area contributed by atoms with Crippen molar-refractivity contribution in [3.63, 3.8) is 0 Å². The third-order valence-electron chi connectivity index (χ3n) is 3.74. The zero-order valence-corrected chi connectivity index (χ0v) is 16.5. The highest BCUT2D eigenvalue weighted by molar-refractivity contribution is 14.1. The fraction of sp³-hybridized carbons (Fsp3) is 0.263. The second-order valence-electron chi connectivity index (χ2n) is 5.87. The molecule has 1 amide bonds. The molecule has 5 heteroatoms.